The molecule has 1 heterocycles. The van der Waals surface area contributed by atoms with E-state index in [2.05, 4.69) is 5.32 Å². The van der Waals surface area contributed by atoms with Crippen molar-refractivity contribution in [3.05, 3.63) is 29.3 Å². The number of thioether (sulfide) groups is 1. The second-order valence-electron chi connectivity index (χ2n) is 4.41. The Hall–Kier alpha value is -1.16. The van der Waals surface area contributed by atoms with Crippen LogP contribution in [0.3, 0.4) is 0 Å². The van der Waals surface area contributed by atoms with Gasteiger partial charge in [-0.1, -0.05) is 6.07 Å². The molecule has 0 spiro atoms. The quantitative estimate of drug-likeness (QED) is 0.791. The molecule has 3 N–H and O–H groups in total. The minimum absolute atomic E-state index is 0.00213. The van der Waals surface area contributed by atoms with Crippen molar-refractivity contribution in [3.8, 4) is 0 Å². The summed E-state index contributed by atoms with van der Waals surface area (Å²) < 4.78 is 0. The molecule has 1 fully saturated rings. The number of nitrogen functional groups attached to an aromatic ring is 1. The highest BCUT2D eigenvalue weighted by Gasteiger charge is 2.18. The van der Waals surface area contributed by atoms with Crippen LogP contribution in [0.15, 0.2) is 18.2 Å². The zero-order valence-corrected chi connectivity index (χ0v) is 10.8. The van der Waals surface area contributed by atoms with Crippen LogP contribution in [0.2, 0.25) is 0 Å². The molecule has 1 amide bonds. The molecule has 1 aromatic rings. The summed E-state index contributed by atoms with van der Waals surface area (Å²) in [5.41, 5.74) is 8.05. The largest absolute Gasteiger partial charge is 0.398 e. The van der Waals surface area contributed by atoms with E-state index in [-0.39, 0.29) is 5.91 Å². The standard InChI is InChI=1S/C13H18N2OS/c1-9-11(5-2-6-12(9)14)13(16)15-10-4-3-7-17-8-10/h2,5-6,10H,3-4,7-8,14H2,1H3,(H,15,16). The first kappa shape index (κ1) is 12.3. The van der Waals surface area contributed by atoms with Crippen LogP contribution < -0.4 is 11.1 Å². The summed E-state index contributed by atoms with van der Waals surface area (Å²) in [5, 5.41) is 3.09. The minimum atomic E-state index is 0.00213. The number of hydrogen-bond donors (Lipinski definition) is 2. The van der Waals surface area contributed by atoms with Crippen molar-refractivity contribution in [2.75, 3.05) is 17.2 Å². The first-order valence-electron chi connectivity index (χ1n) is 5.92. The van der Waals surface area contributed by atoms with E-state index < -0.39 is 0 Å². The second-order valence-corrected chi connectivity index (χ2v) is 5.56. The van der Waals surface area contributed by atoms with Gasteiger partial charge in [-0.2, -0.15) is 11.8 Å². The number of carbonyl (C=O) groups is 1. The average molecular weight is 250 g/mol. The van der Waals surface area contributed by atoms with Crippen LogP contribution in [0.4, 0.5) is 5.69 Å². The number of nitrogens with one attached hydrogen (secondary N) is 1. The number of carbonyl (C=O) groups excluding carboxylic acids is 1. The van der Waals surface area contributed by atoms with Gasteiger partial charge in [0.25, 0.3) is 5.91 Å². The third kappa shape index (κ3) is 2.94. The lowest BCUT2D eigenvalue weighted by atomic mass is 10.1. The van der Waals surface area contributed by atoms with Crippen LogP contribution in [-0.2, 0) is 0 Å². The second kappa shape index (κ2) is 5.45. The summed E-state index contributed by atoms with van der Waals surface area (Å²) in [5.74, 6) is 2.24. The number of benzene rings is 1. The Labute approximate surface area is 106 Å². The summed E-state index contributed by atoms with van der Waals surface area (Å²) in [6, 6.07) is 5.79. The van der Waals surface area contributed by atoms with E-state index in [1.165, 1.54) is 12.2 Å². The summed E-state index contributed by atoms with van der Waals surface area (Å²) in [6.07, 6.45) is 2.27. The molecule has 1 atom stereocenters. The maximum atomic E-state index is 12.1. The summed E-state index contributed by atoms with van der Waals surface area (Å²) >= 11 is 1.91. The smallest absolute Gasteiger partial charge is 0.251 e. The first-order valence-corrected chi connectivity index (χ1v) is 7.07. The third-order valence-electron chi connectivity index (χ3n) is 3.12. The van der Waals surface area contributed by atoms with Crippen LogP contribution in [-0.4, -0.2) is 23.5 Å². The number of nitrogens with two attached hydrogens (primary N) is 1. The van der Waals surface area contributed by atoms with Gasteiger partial charge in [0.1, 0.15) is 0 Å². The van der Waals surface area contributed by atoms with Gasteiger partial charge in [-0.25, -0.2) is 0 Å². The van der Waals surface area contributed by atoms with Crippen molar-refractivity contribution in [2.24, 2.45) is 0 Å². The van der Waals surface area contributed by atoms with Gasteiger partial charge in [0.15, 0.2) is 0 Å². The molecule has 1 aliphatic rings. The molecule has 1 saturated heterocycles. The fourth-order valence-electron chi connectivity index (χ4n) is 2.02. The van der Waals surface area contributed by atoms with Gasteiger partial charge in [0, 0.05) is 23.0 Å². The highest BCUT2D eigenvalue weighted by molar-refractivity contribution is 7.99. The van der Waals surface area contributed by atoms with Gasteiger partial charge < -0.3 is 11.1 Å². The lowest BCUT2D eigenvalue weighted by molar-refractivity contribution is 0.0938. The van der Waals surface area contributed by atoms with Gasteiger partial charge in [-0.15, -0.1) is 0 Å². The molecule has 2 rings (SSSR count). The fraction of sp³-hybridized carbons (Fsp3) is 0.462. The molecule has 0 saturated carbocycles. The minimum Gasteiger partial charge on any atom is -0.398 e. The fourth-order valence-corrected chi connectivity index (χ4v) is 3.09. The Balaban J connectivity index is 2.06. The molecule has 92 valence electrons. The highest BCUT2D eigenvalue weighted by atomic mass is 32.2. The Bertz CT molecular complexity index is 414. The van der Waals surface area contributed by atoms with Crippen LogP contribution in [0, 0.1) is 6.92 Å². The molecule has 1 unspecified atom stereocenters. The zero-order chi connectivity index (χ0) is 12.3. The Morgan fingerprint density at radius 3 is 3.06 bits per heavy atom. The SMILES string of the molecule is Cc1c(N)cccc1C(=O)NC1CCCSC1. The van der Waals surface area contributed by atoms with Crippen molar-refractivity contribution in [3.63, 3.8) is 0 Å². The zero-order valence-electron chi connectivity index (χ0n) is 10.0. The molecule has 17 heavy (non-hydrogen) atoms. The number of rotatable bonds is 2. The molecule has 0 aliphatic carbocycles. The van der Waals surface area contributed by atoms with Crippen LogP contribution >= 0.6 is 11.8 Å². The van der Waals surface area contributed by atoms with Gasteiger partial charge in [0.2, 0.25) is 0 Å². The monoisotopic (exact) mass is 250 g/mol. The van der Waals surface area contributed by atoms with Gasteiger partial charge in [-0.05, 0) is 43.2 Å². The Morgan fingerprint density at radius 1 is 1.53 bits per heavy atom. The molecule has 4 heteroatoms. The summed E-state index contributed by atoms with van der Waals surface area (Å²) in [7, 11) is 0. The van der Waals surface area contributed by atoms with Gasteiger partial charge >= 0.3 is 0 Å². The summed E-state index contributed by atoms with van der Waals surface area (Å²) in [6.45, 7) is 1.89. The lowest BCUT2D eigenvalue weighted by Gasteiger charge is -2.23. The van der Waals surface area contributed by atoms with E-state index in [0.717, 1.165) is 17.7 Å². The molecule has 1 aromatic carbocycles. The van der Waals surface area contributed by atoms with Crippen LogP contribution in [0.1, 0.15) is 28.8 Å². The van der Waals surface area contributed by atoms with Gasteiger partial charge in [-0.3, -0.25) is 4.79 Å². The maximum absolute atomic E-state index is 12.1. The van der Waals surface area contributed by atoms with E-state index in [1.807, 2.05) is 36.9 Å². The predicted octanol–water partition coefficient (Wildman–Crippen LogP) is 2.20. The van der Waals surface area contributed by atoms with Crippen LogP contribution in [0.25, 0.3) is 0 Å². The number of hydrogen-bond acceptors (Lipinski definition) is 3. The molecule has 0 bridgehead atoms. The van der Waals surface area contributed by atoms with E-state index in [9.17, 15) is 4.79 Å². The molecular formula is C13H18N2OS. The van der Waals surface area contributed by atoms with E-state index in [0.29, 0.717) is 17.3 Å². The summed E-state index contributed by atoms with van der Waals surface area (Å²) in [4.78, 5) is 12.1. The van der Waals surface area contributed by atoms with Crippen molar-refractivity contribution in [1.29, 1.82) is 0 Å². The lowest BCUT2D eigenvalue weighted by Crippen LogP contribution is -2.38. The maximum Gasteiger partial charge on any atom is 0.251 e. The third-order valence-corrected chi connectivity index (χ3v) is 4.33. The molecule has 0 radical (unpaired) electrons. The molecule has 1 aliphatic heterocycles. The van der Waals surface area contributed by atoms with Crippen molar-refractivity contribution >= 4 is 23.4 Å². The Kier molecular flexibility index (Phi) is 3.94. The van der Waals surface area contributed by atoms with E-state index in [4.69, 9.17) is 5.73 Å². The molecule has 0 aromatic heterocycles. The molecule has 3 nitrogen and oxygen atoms in total. The van der Waals surface area contributed by atoms with Crippen LogP contribution in [0.5, 0.6) is 0 Å². The van der Waals surface area contributed by atoms with Gasteiger partial charge in [0.05, 0.1) is 0 Å². The topological polar surface area (TPSA) is 55.1 Å². The van der Waals surface area contributed by atoms with Crippen molar-refractivity contribution < 1.29 is 4.79 Å². The van der Waals surface area contributed by atoms with E-state index in [1.54, 1.807) is 0 Å². The average Bonchev–Trinajstić information content (AvgIpc) is 2.34. The predicted molar refractivity (Wildman–Crippen MR) is 73.4 cm³/mol. The number of anilines is 1. The normalized spacial score (nSPS) is 19.9. The van der Waals surface area contributed by atoms with E-state index >= 15 is 0 Å². The van der Waals surface area contributed by atoms with Crippen molar-refractivity contribution in [2.45, 2.75) is 25.8 Å². The number of amides is 1. The Morgan fingerprint density at radius 2 is 2.35 bits per heavy atom. The molecular weight excluding hydrogens is 232 g/mol. The van der Waals surface area contributed by atoms with Crippen molar-refractivity contribution in [1.82, 2.24) is 5.32 Å². The first-order chi connectivity index (χ1) is 8.18. The highest BCUT2D eigenvalue weighted by Crippen LogP contribution is 2.19.